The lowest BCUT2D eigenvalue weighted by Gasteiger charge is -2.04. The van der Waals surface area contributed by atoms with Gasteiger partial charge in [-0.3, -0.25) is 0 Å². The summed E-state index contributed by atoms with van der Waals surface area (Å²) in [5.74, 6) is 2.12. The average molecular weight is 144 g/mol. The monoisotopic (exact) mass is 144 g/mol. The zero-order chi connectivity index (χ0) is 7.11. The average Bonchev–Trinajstić information content (AvgIpc) is 1.89. The SMILES string of the molecule is C=CSCCC(C)CC. The van der Waals surface area contributed by atoms with Crippen LogP contribution in [-0.2, 0) is 0 Å². The second-order valence-corrected chi connectivity index (χ2v) is 3.41. The van der Waals surface area contributed by atoms with Crippen molar-refractivity contribution in [2.24, 2.45) is 5.92 Å². The van der Waals surface area contributed by atoms with E-state index in [0.717, 1.165) is 5.92 Å². The molecule has 0 aliphatic rings. The maximum absolute atomic E-state index is 3.65. The Morgan fingerprint density at radius 1 is 1.67 bits per heavy atom. The molecule has 0 rings (SSSR count). The van der Waals surface area contributed by atoms with Gasteiger partial charge in [0.2, 0.25) is 0 Å². The summed E-state index contributed by atoms with van der Waals surface area (Å²) in [6.45, 7) is 8.18. The molecular weight excluding hydrogens is 128 g/mol. The summed E-state index contributed by atoms with van der Waals surface area (Å²) in [7, 11) is 0. The number of thioether (sulfide) groups is 1. The minimum atomic E-state index is 0.887. The van der Waals surface area contributed by atoms with E-state index < -0.39 is 0 Å². The van der Waals surface area contributed by atoms with Crippen LogP contribution in [0.3, 0.4) is 0 Å². The van der Waals surface area contributed by atoms with E-state index in [1.165, 1.54) is 18.6 Å². The third-order valence-corrected chi connectivity index (χ3v) is 2.25. The summed E-state index contributed by atoms with van der Waals surface area (Å²) in [5.41, 5.74) is 0. The molecular formula is C8H16S. The first-order valence-corrected chi connectivity index (χ1v) is 4.58. The first kappa shape index (κ1) is 9.09. The molecule has 0 nitrogen and oxygen atoms in total. The van der Waals surface area contributed by atoms with E-state index in [0.29, 0.717) is 0 Å². The molecule has 0 aliphatic carbocycles. The summed E-state index contributed by atoms with van der Waals surface area (Å²) in [5, 5.41) is 1.92. The van der Waals surface area contributed by atoms with Gasteiger partial charge in [0.25, 0.3) is 0 Å². The summed E-state index contributed by atoms with van der Waals surface area (Å²) < 4.78 is 0. The minimum absolute atomic E-state index is 0.887. The standard InChI is InChI=1S/C8H16S/c1-4-8(3)6-7-9-5-2/h5,8H,2,4,6-7H2,1,3H3. The first-order chi connectivity index (χ1) is 4.31. The van der Waals surface area contributed by atoms with Crippen LogP contribution in [0, 0.1) is 5.92 Å². The fraction of sp³-hybridized carbons (Fsp3) is 0.750. The topological polar surface area (TPSA) is 0 Å². The lowest BCUT2D eigenvalue weighted by atomic mass is 10.1. The van der Waals surface area contributed by atoms with Gasteiger partial charge < -0.3 is 0 Å². The zero-order valence-electron chi connectivity index (χ0n) is 6.39. The van der Waals surface area contributed by atoms with E-state index in [1.807, 2.05) is 17.2 Å². The summed E-state index contributed by atoms with van der Waals surface area (Å²) in [4.78, 5) is 0. The first-order valence-electron chi connectivity index (χ1n) is 3.53. The molecule has 0 saturated heterocycles. The number of hydrogen-bond acceptors (Lipinski definition) is 1. The summed E-state index contributed by atoms with van der Waals surface area (Å²) in [6, 6.07) is 0. The van der Waals surface area contributed by atoms with Gasteiger partial charge in [0.1, 0.15) is 0 Å². The molecule has 1 heteroatoms. The van der Waals surface area contributed by atoms with E-state index >= 15 is 0 Å². The normalized spacial score (nSPS) is 13.1. The van der Waals surface area contributed by atoms with Crippen LogP contribution in [0.5, 0.6) is 0 Å². The van der Waals surface area contributed by atoms with E-state index in [2.05, 4.69) is 20.4 Å². The van der Waals surface area contributed by atoms with Gasteiger partial charge in [0, 0.05) is 0 Å². The molecule has 0 saturated carbocycles. The molecule has 0 fully saturated rings. The lowest BCUT2D eigenvalue weighted by molar-refractivity contribution is 0.549. The highest BCUT2D eigenvalue weighted by Crippen LogP contribution is 2.11. The van der Waals surface area contributed by atoms with Crippen LogP contribution < -0.4 is 0 Å². The number of rotatable bonds is 5. The Balaban J connectivity index is 2.96. The molecule has 0 bridgehead atoms. The van der Waals surface area contributed by atoms with Gasteiger partial charge in [-0.15, -0.1) is 11.8 Å². The molecule has 0 heterocycles. The van der Waals surface area contributed by atoms with Gasteiger partial charge in [-0.1, -0.05) is 26.8 Å². The molecule has 0 spiro atoms. The van der Waals surface area contributed by atoms with E-state index in [9.17, 15) is 0 Å². The van der Waals surface area contributed by atoms with Crippen LogP contribution in [-0.4, -0.2) is 5.75 Å². The molecule has 0 amide bonds. The van der Waals surface area contributed by atoms with Crippen LogP contribution in [0.4, 0.5) is 0 Å². The van der Waals surface area contributed by atoms with Crippen LogP contribution in [0.1, 0.15) is 26.7 Å². The van der Waals surface area contributed by atoms with Gasteiger partial charge in [0.15, 0.2) is 0 Å². The Morgan fingerprint density at radius 3 is 2.78 bits per heavy atom. The lowest BCUT2D eigenvalue weighted by Crippen LogP contribution is -1.92. The molecule has 1 atom stereocenters. The molecule has 0 aromatic heterocycles. The molecule has 54 valence electrons. The Labute approximate surface area is 62.7 Å². The molecule has 0 aliphatic heterocycles. The zero-order valence-corrected chi connectivity index (χ0v) is 7.21. The van der Waals surface area contributed by atoms with Crippen molar-refractivity contribution in [1.82, 2.24) is 0 Å². The summed E-state index contributed by atoms with van der Waals surface area (Å²) in [6.07, 6.45) is 2.63. The van der Waals surface area contributed by atoms with Crippen molar-refractivity contribution in [3.63, 3.8) is 0 Å². The second kappa shape index (κ2) is 6.21. The van der Waals surface area contributed by atoms with Crippen molar-refractivity contribution in [3.8, 4) is 0 Å². The molecule has 0 aromatic rings. The highest BCUT2D eigenvalue weighted by molar-refractivity contribution is 8.02. The maximum Gasteiger partial charge on any atom is -0.00236 e. The smallest absolute Gasteiger partial charge is 0.00236 e. The second-order valence-electron chi connectivity index (χ2n) is 2.34. The Morgan fingerprint density at radius 2 is 2.33 bits per heavy atom. The van der Waals surface area contributed by atoms with Crippen molar-refractivity contribution in [3.05, 3.63) is 12.0 Å². The van der Waals surface area contributed by atoms with Gasteiger partial charge in [0.05, 0.1) is 0 Å². The van der Waals surface area contributed by atoms with E-state index in [4.69, 9.17) is 0 Å². The highest BCUT2D eigenvalue weighted by Gasteiger charge is 1.95. The predicted octanol–water partition coefficient (Wildman–Crippen LogP) is 3.30. The fourth-order valence-electron chi connectivity index (χ4n) is 0.557. The van der Waals surface area contributed by atoms with Gasteiger partial charge in [-0.25, -0.2) is 0 Å². The Bertz CT molecular complexity index is 69.0. The third kappa shape index (κ3) is 5.97. The van der Waals surface area contributed by atoms with Crippen molar-refractivity contribution in [1.29, 1.82) is 0 Å². The quantitative estimate of drug-likeness (QED) is 0.533. The van der Waals surface area contributed by atoms with Crippen LogP contribution in [0.2, 0.25) is 0 Å². The predicted molar refractivity (Wildman–Crippen MR) is 46.7 cm³/mol. The molecule has 9 heavy (non-hydrogen) atoms. The maximum atomic E-state index is 3.65. The largest absolute Gasteiger partial charge is 0.135 e. The molecule has 0 radical (unpaired) electrons. The number of hydrogen-bond donors (Lipinski definition) is 0. The molecule has 0 aromatic carbocycles. The van der Waals surface area contributed by atoms with Crippen molar-refractivity contribution in [2.75, 3.05) is 5.75 Å². The Kier molecular flexibility index (Phi) is 6.28. The summed E-state index contributed by atoms with van der Waals surface area (Å²) >= 11 is 1.82. The van der Waals surface area contributed by atoms with Crippen molar-refractivity contribution < 1.29 is 0 Å². The van der Waals surface area contributed by atoms with Gasteiger partial charge >= 0.3 is 0 Å². The highest BCUT2D eigenvalue weighted by atomic mass is 32.2. The minimum Gasteiger partial charge on any atom is -0.135 e. The third-order valence-electron chi connectivity index (χ3n) is 1.54. The van der Waals surface area contributed by atoms with Crippen molar-refractivity contribution in [2.45, 2.75) is 26.7 Å². The van der Waals surface area contributed by atoms with Gasteiger partial charge in [-0.05, 0) is 23.5 Å². The molecule has 0 N–H and O–H groups in total. The van der Waals surface area contributed by atoms with Gasteiger partial charge in [-0.2, -0.15) is 0 Å². The van der Waals surface area contributed by atoms with Crippen molar-refractivity contribution >= 4 is 11.8 Å². The fourth-order valence-corrected chi connectivity index (χ4v) is 1.26. The van der Waals surface area contributed by atoms with E-state index in [-0.39, 0.29) is 0 Å². The van der Waals surface area contributed by atoms with Crippen LogP contribution in [0.15, 0.2) is 12.0 Å². The molecule has 1 unspecified atom stereocenters. The van der Waals surface area contributed by atoms with Crippen LogP contribution >= 0.6 is 11.8 Å². The van der Waals surface area contributed by atoms with E-state index in [1.54, 1.807) is 0 Å². The van der Waals surface area contributed by atoms with Crippen LogP contribution in [0.25, 0.3) is 0 Å². The Hall–Kier alpha value is 0.0900.